The fraction of sp³-hybridized carbons (Fsp3) is 0.500. The molecule has 1 aliphatic heterocycles. The molecule has 1 unspecified atom stereocenters. The highest BCUT2D eigenvalue weighted by atomic mass is 16.2. The molecule has 0 bridgehead atoms. The van der Waals surface area contributed by atoms with E-state index in [2.05, 4.69) is 38.1 Å². The van der Waals surface area contributed by atoms with Gasteiger partial charge in [0, 0.05) is 19.5 Å². The number of benzene rings is 1. The minimum absolute atomic E-state index is 0.0784. The summed E-state index contributed by atoms with van der Waals surface area (Å²) in [5, 5.41) is 8.84. The maximum absolute atomic E-state index is 11.9. The van der Waals surface area contributed by atoms with E-state index in [0.29, 0.717) is 6.42 Å². The van der Waals surface area contributed by atoms with Crippen molar-refractivity contribution >= 4 is 5.91 Å². The van der Waals surface area contributed by atoms with Crippen molar-refractivity contribution in [3.05, 3.63) is 34.9 Å². The molecule has 1 aromatic carbocycles. The number of rotatable bonds is 3. The molecule has 0 N–H and O–H groups in total. The van der Waals surface area contributed by atoms with E-state index in [-0.39, 0.29) is 11.8 Å². The zero-order valence-corrected chi connectivity index (χ0v) is 11.6. The second kappa shape index (κ2) is 5.88. The number of amides is 1. The Kier molecular flexibility index (Phi) is 4.21. The van der Waals surface area contributed by atoms with Crippen LogP contribution in [-0.2, 0) is 11.2 Å². The number of nitrogens with zero attached hydrogens (tertiary/aromatic N) is 2. The van der Waals surface area contributed by atoms with Gasteiger partial charge >= 0.3 is 0 Å². The van der Waals surface area contributed by atoms with E-state index in [1.165, 1.54) is 16.7 Å². The second-order valence-electron chi connectivity index (χ2n) is 5.37. The van der Waals surface area contributed by atoms with Crippen molar-refractivity contribution in [3.8, 4) is 6.07 Å². The lowest BCUT2D eigenvalue weighted by atomic mass is 9.97. The number of piperidine rings is 1. The van der Waals surface area contributed by atoms with Crippen LogP contribution in [-0.4, -0.2) is 23.9 Å². The summed E-state index contributed by atoms with van der Waals surface area (Å²) in [6, 6.07) is 8.66. The molecule has 1 fully saturated rings. The Hall–Kier alpha value is -1.82. The van der Waals surface area contributed by atoms with Crippen molar-refractivity contribution in [3.63, 3.8) is 0 Å². The summed E-state index contributed by atoms with van der Waals surface area (Å²) in [4.78, 5) is 13.8. The molecule has 100 valence electrons. The third-order valence-corrected chi connectivity index (χ3v) is 3.95. The van der Waals surface area contributed by atoms with E-state index in [0.717, 1.165) is 25.9 Å². The van der Waals surface area contributed by atoms with Crippen molar-refractivity contribution in [1.82, 2.24) is 4.90 Å². The van der Waals surface area contributed by atoms with E-state index in [4.69, 9.17) is 5.26 Å². The summed E-state index contributed by atoms with van der Waals surface area (Å²) in [5.74, 6) is 0.0482. The maximum atomic E-state index is 11.9. The molecule has 3 nitrogen and oxygen atoms in total. The zero-order chi connectivity index (χ0) is 13.8. The van der Waals surface area contributed by atoms with Crippen LogP contribution in [0.2, 0.25) is 0 Å². The van der Waals surface area contributed by atoms with Crippen LogP contribution in [0.1, 0.15) is 29.5 Å². The predicted octanol–water partition coefficient (Wildman–Crippen LogP) is 2.61. The van der Waals surface area contributed by atoms with Crippen LogP contribution in [0.5, 0.6) is 0 Å². The summed E-state index contributed by atoms with van der Waals surface area (Å²) >= 11 is 0. The van der Waals surface area contributed by atoms with Gasteiger partial charge in [-0.05, 0) is 43.4 Å². The average Bonchev–Trinajstić information content (AvgIpc) is 2.41. The van der Waals surface area contributed by atoms with Crippen molar-refractivity contribution in [2.45, 2.75) is 33.1 Å². The Morgan fingerprint density at radius 3 is 2.79 bits per heavy atom. The van der Waals surface area contributed by atoms with Crippen LogP contribution >= 0.6 is 0 Å². The molecule has 0 aromatic heterocycles. The van der Waals surface area contributed by atoms with Crippen molar-refractivity contribution < 1.29 is 4.79 Å². The molecule has 0 spiro atoms. The first-order chi connectivity index (χ1) is 9.10. The third kappa shape index (κ3) is 3.35. The first-order valence-electron chi connectivity index (χ1n) is 6.83. The number of aryl methyl sites for hydroxylation is 2. The summed E-state index contributed by atoms with van der Waals surface area (Å²) in [6.07, 6.45) is 2.10. The molecule has 0 saturated carbocycles. The molecule has 2 rings (SSSR count). The molecular weight excluding hydrogens is 236 g/mol. The number of likely N-dealkylation sites (tertiary alicyclic amines) is 1. The van der Waals surface area contributed by atoms with Gasteiger partial charge in [0.05, 0.1) is 12.0 Å². The number of carbonyl (C=O) groups excluding carboxylic acids is 1. The highest BCUT2D eigenvalue weighted by molar-refractivity contribution is 5.77. The Bertz CT molecular complexity index is 516. The highest BCUT2D eigenvalue weighted by Crippen LogP contribution is 2.18. The summed E-state index contributed by atoms with van der Waals surface area (Å²) < 4.78 is 0. The predicted molar refractivity (Wildman–Crippen MR) is 74.5 cm³/mol. The fourth-order valence-electron chi connectivity index (χ4n) is 2.45. The summed E-state index contributed by atoms with van der Waals surface area (Å²) in [6.45, 7) is 5.71. The Morgan fingerprint density at radius 2 is 2.16 bits per heavy atom. The lowest BCUT2D eigenvalue weighted by Crippen LogP contribution is -2.39. The minimum atomic E-state index is -0.0784. The molecule has 0 radical (unpaired) electrons. The Morgan fingerprint density at radius 1 is 1.37 bits per heavy atom. The Balaban J connectivity index is 1.90. The molecule has 3 heteroatoms. The molecule has 1 heterocycles. The molecule has 1 saturated heterocycles. The molecule has 1 amide bonds. The molecule has 0 aliphatic carbocycles. The lowest BCUT2D eigenvalue weighted by molar-refractivity contribution is -0.134. The van der Waals surface area contributed by atoms with Gasteiger partial charge in [-0.1, -0.05) is 18.2 Å². The van der Waals surface area contributed by atoms with Crippen LogP contribution in [0.4, 0.5) is 0 Å². The maximum Gasteiger partial charge on any atom is 0.223 e. The van der Waals surface area contributed by atoms with E-state index in [1.807, 2.05) is 4.90 Å². The smallest absolute Gasteiger partial charge is 0.223 e. The normalized spacial score (nSPS) is 19.3. The standard InChI is InChI=1S/C16H20N2O/c1-12-3-4-14(9-13(12)2)5-7-18-8-6-15(11-17)10-16(18)19/h3-4,9,15H,5-8,10H2,1-2H3. The van der Waals surface area contributed by atoms with Gasteiger partial charge < -0.3 is 4.90 Å². The van der Waals surface area contributed by atoms with Gasteiger partial charge in [-0.2, -0.15) is 5.26 Å². The Labute approximate surface area is 114 Å². The van der Waals surface area contributed by atoms with Gasteiger partial charge in [0.2, 0.25) is 5.91 Å². The highest BCUT2D eigenvalue weighted by Gasteiger charge is 2.25. The minimum Gasteiger partial charge on any atom is -0.342 e. The molecule has 1 atom stereocenters. The number of hydrogen-bond acceptors (Lipinski definition) is 2. The molecule has 19 heavy (non-hydrogen) atoms. The van der Waals surface area contributed by atoms with Gasteiger partial charge in [0.15, 0.2) is 0 Å². The van der Waals surface area contributed by atoms with Crippen LogP contribution < -0.4 is 0 Å². The lowest BCUT2D eigenvalue weighted by Gasteiger charge is -2.29. The number of carbonyl (C=O) groups is 1. The monoisotopic (exact) mass is 256 g/mol. The number of nitriles is 1. The fourth-order valence-corrected chi connectivity index (χ4v) is 2.45. The number of hydrogen-bond donors (Lipinski definition) is 0. The van der Waals surface area contributed by atoms with Crippen molar-refractivity contribution in [1.29, 1.82) is 5.26 Å². The van der Waals surface area contributed by atoms with Gasteiger partial charge in [-0.15, -0.1) is 0 Å². The average molecular weight is 256 g/mol. The van der Waals surface area contributed by atoms with Crippen molar-refractivity contribution in [2.24, 2.45) is 5.92 Å². The van der Waals surface area contributed by atoms with Crippen LogP contribution in [0.15, 0.2) is 18.2 Å². The summed E-state index contributed by atoms with van der Waals surface area (Å²) in [5.41, 5.74) is 3.87. The molecule has 1 aromatic rings. The summed E-state index contributed by atoms with van der Waals surface area (Å²) in [7, 11) is 0. The first-order valence-corrected chi connectivity index (χ1v) is 6.83. The van der Waals surface area contributed by atoms with Crippen molar-refractivity contribution in [2.75, 3.05) is 13.1 Å². The SMILES string of the molecule is Cc1ccc(CCN2CCC(C#N)CC2=O)cc1C. The van der Waals surface area contributed by atoms with E-state index < -0.39 is 0 Å². The molecular formula is C16H20N2O. The van der Waals surface area contributed by atoms with Gasteiger partial charge in [-0.3, -0.25) is 4.79 Å². The van der Waals surface area contributed by atoms with Gasteiger partial charge in [0.25, 0.3) is 0 Å². The van der Waals surface area contributed by atoms with Gasteiger partial charge in [0.1, 0.15) is 0 Å². The molecule has 1 aliphatic rings. The van der Waals surface area contributed by atoms with Crippen LogP contribution in [0.3, 0.4) is 0 Å². The van der Waals surface area contributed by atoms with E-state index in [1.54, 1.807) is 0 Å². The topological polar surface area (TPSA) is 44.1 Å². The first kappa shape index (κ1) is 13.6. The third-order valence-electron chi connectivity index (χ3n) is 3.95. The zero-order valence-electron chi connectivity index (χ0n) is 11.6. The van der Waals surface area contributed by atoms with Gasteiger partial charge in [-0.25, -0.2) is 0 Å². The van der Waals surface area contributed by atoms with E-state index >= 15 is 0 Å². The van der Waals surface area contributed by atoms with E-state index in [9.17, 15) is 4.79 Å². The largest absolute Gasteiger partial charge is 0.342 e. The van der Waals surface area contributed by atoms with Crippen LogP contribution in [0.25, 0.3) is 0 Å². The second-order valence-corrected chi connectivity index (χ2v) is 5.37. The van der Waals surface area contributed by atoms with Crippen LogP contribution in [0, 0.1) is 31.1 Å². The quantitative estimate of drug-likeness (QED) is 0.834.